The summed E-state index contributed by atoms with van der Waals surface area (Å²) in [4.78, 5) is 28.4. The van der Waals surface area contributed by atoms with E-state index in [9.17, 15) is 40.2 Å². The second-order valence-electron chi connectivity index (χ2n) is 23.4. The van der Waals surface area contributed by atoms with Crippen LogP contribution >= 0.6 is 0 Å². The van der Waals surface area contributed by atoms with Crippen LogP contribution in [0, 0.1) is 87.3 Å². The van der Waals surface area contributed by atoms with E-state index < -0.39 is 75.1 Å². The summed E-state index contributed by atoms with van der Waals surface area (Å²) in [5, 5.41) is 83.4. The minimum absolute atomic E-state index is 0.0541. The predicted octanol–water partition coefficient (Wildman–Crippen LogP) is 5.29. The maximum atomic E-state index is 14.8. The normalized spacial score (nSPS) is 50.7. The van der Waals surface area contributed by atoms with Crippen LogP contribution in [-0.2, 0) is 20.7 Å². The summed E-state index contributed by atoms with van der Waals surface area (Å²) in [6, 6.07) is 7.72. The highest BCUT2D eigenvalue weighted by molar-refractivity contribution is 5.86. The van der Waals surface area contributed by atoms with Crippen LogP contribution in [0.5, 0.6) is 0 Å². The van der Waals surface area contributed by atoms with Gasteiger partial charge in [-0.2, -0.15) is 0 Å². The van der Waals surface area contributed by atoms with Crippen LogP contribution < -0.4 is 5.32 Å². The Kier molecular flexibility index (Phi) is 9.83. The number of rotatable bonds is 4. The Labute approximate surface area is 377 Å². The maximum Gasteiger partial charge on any atom is 0.331 e. The first kappa shape index (κ1) is 42.5. The quantitative estimate of drug-likeness (QED) is 0.0693. The Morgan fingerprint density at radius 3 is 2.42 bits per heavy atom. The number of aliphatic hydroxyl groups excluding tert-OH is 3. The number of nitrogens with one attached hydrogen (secondary N) is 1. The van der Waals surface area contributed by atoms with Gasteiger partial charge in [0.05, 0.1) is 30.0 Å². The largest absolute Gasteiger partial charge is 0.454 e. The van der Waals surface area contributed by atoms with Crippen molar-refractivity contribution >= 4 is 12.3 Å². The molecule has 0 aromatic heterocycles. The molecule has 10 aliphatic carbocycles. The number of ether oxygens (including phenoxy) is 1. The highest BCUT2D eigenvalue weighted by atomic mass is 16.5. The molecular weight excluding hydrogens is 807 g/mol. The van der Waals surface area contributed by atoms with Crippen molar-refractivity contribution in [2.24, 2.45) is 75.4 Å². The van der Waals surface area contributed by atoms with Crippen molar-refractivity contribution in [1.82, 2.24) is 5.32 Å². The lowest BCUT2D eigenvalue weighted by Crippen LogP contribution is -2.86. The second-order valence-corrected chi connectivity index (χ2v) is 23.4. The number of allylic oxidation sites excluding steroid dienone is 2. The standard InChI is InChI=1S/C54H69NO9/c56-29-51-28-49(18-7-8-19-49)47(59)40-23-34-15-9-16-36(32-12-2-3-13-32)37(34)25-41(53(40,51)62)48(60)54(63)43(51)17-21-50-20-6-5-11-31-10-1-4-14-33(31)24-42(55-30-57)38-22-35(27-52(50,54)61)45(50)39-26-44(58)64-46(38)39/h1,4,9-10,14-15,26,29,32,34-38,40-43,45-48,55,57,59-63H,2-3,6-8,12-13,16-25,27-28,30H2/t34-,35+,36-,37-,38-,40+,41+,42-,43-,45-,46+,47-,48+,50-,51+,52-,53-,54-/m1/s1. The van der Waals surface area contributed by atoms with Gasteiger partial charge < -0.3 is 40.2 Å². The average molecular weight is 876 g/mol. The molecule has 8 fully saturated rings. The molecule has 11 aliphatic rings. The van der Waals surface area contributed by atoms with E-state index in [2.05, 4.69) is 35.4 Å². The monoisotopic (exact) mass is 875 g/mol. The fourth-order valence-corrected chi connectivity index (χ4v) is 19.5. The van der Waals surface area contributed by atoms with E-state index in [0.717, 1.165) is 67.9 Å². The van der Waals surface area contributed by atoms with Gasteiger partial charge in [-0.15, -0.1) is 0 Å². The fraction of sp³-hybridized carbons (Fsp3) is 0.741. The molecule has 4 bridgehead atoms. The van der Waals surface area contributed by atoms with Gasteiger partial charge in [0, 0.05) is 53.2 Å². The van der Waals surface area contributed by atoms with Gasteiger partial charge in [-0.05, 0) is 135 Å². The molecule has 1 aromatic carbocycles. The molecule has 1 heterocycles. The van der Waals surface area contributed by atoms with Crippen molar-refractivity contribution < 1.29 is 45.0 Å². The predicted molar refractivity (Wildman–Crippen MR) is 236 cm³/mol. The van der Waals surface area contributed by atoms with E-state index in [1.807, 2.05) is 18.2 Å². The summed E-state index contributed by atoms with van der Waals surface area (Å²) in [5.74, 6) is 3.97. The Balaban J connectivity index is 1.05. The summed E-state index contributed by atoms with van der Waals surface area (Å²) in [6.45, 7) is -0.279. The molecule has 64 heavy (non-hydrogen) atoms. The lowest BCUT2D eigenvalue weighted by atomic mass is 9.33. The molecule has 18 atom stereocenters. The molecule has 12 rings (SSSR count). The molecule has 2 spiro atoms. The van der Waals surface area contributed by atoms with Gasteiger partial charge in [0.25, 0.3) is 0 Å². The Morgan fingerprint density at radius 2 is 1.64 bits per heavy atom. The third kappa shape index (κ3) is 5.30. The van der Waals surface area contributed by atoms with Crippen molar-refractivity contribution in [2.75, 3.05) is 6.73 Å². The zero-order valence-corrected chi connectivity index (χ0v) is 37.3. The molecule has 7 N–H and O–H groups in total. The molecule has 344 valence electrons. The smallest absolute Gasteiger partial charge is 0.331 e. The summed E-state index contributed by atoms with van der Waals surface area (Å²) in [7, 11) is 0. The number of fused-ring (bicyclic) bond motifs is 8. The molecule has 0 saturated heterocycles. The number of aldehydes is 1. The minimum atomic E-state index is -2.21. The number of benzene rings is 1. The number of esters is 1. The summed E-state index contributed by atoms with van der Waals surface area (Å²) < 4.78 is 6.25. The van der Waals surface area contributed by atoms with E-state index in [1.54, 1.807) is 6.08 Å². The molecule has 10 heteroatoms. The van der Waals surface area contributed by atoms with E-state index in [-0.39, 0.29) is 61.6 Å². The van der Waals surface area contributed by atoms with Crippen LogP contribution in [0.15, 0.2) is 48.1 Å². The average Bonchev–Trinajstić information content (AvgIpc) is 4.10. The van der Waals surface area contributed by atoms with Gasteiger partial charge in [0.15, 0.2) is 0 Å². The van der Waals surface area contributed by atoms with E-state index in [1.165, 1.54) is 12.8 Å². The minimum Gasteiger partial charge on any atom is -0.454 e. The zero-order valence-electron chi connectivity index (χ0n) is 37.3. The number of hydrogen-bond donors (Lipinski definition) is 7. The van der Waals surface area contributed by atoms with Crippen LogP contribution in [0.25, 0.3) is 0 Å². The number of aliphatic hydroxyl groups is 6. The van der Waals surface area contributed by atoms with E-state index >= 15 is 0 Å². The maximum absolute atomic E-state index is 14.8. The highest BCUT2D eigenvalue weighted by Gasteiger charge is 2.86. The van der Waals surface area contributed by atoms with E-state index in [0.29, 0.717) is 56.8 Å². The van der Waals surface area contributed by atoms with Gasteiger partial charge in [-0.25, -0.2) is 4.79 Å². The van der Waals surface area contributed by atoms with Crippen LogP contribution in [0.4, 0.5) is 0 Å². The molecule has 0 amide bonds. The van der Waals surface area contributed by atoms with Crippen molar-refractivity contribution in [1.29, 1.82) is 0 Å². The number of carbonyl (C=O) groups is 2. The van der Waals surface area contributed by atoms with Gasteiger partial charge in [-0.1, -0.05) is 80.7 Å². The first-order chi connectivity index (χ1) is 30.9. The Morgan fingerprint density at radius 1 is 0.859 bits per heavy atom. The fourth-order valence-electron chi connectivity index (χ4n) is 19.5. The van der Waals surface area contributed by atoms with Gasteiger partial charge in [0.2, 0.25) is 0 Å². The van der Waals surface area contributed by atoms with Gasteiger partial charge in [0.1, 0.15) is 23.6 Å². The van der Waals surface area contributed by atoms with Gasteiger partial charge >= 0.3 is 5.97 Å². The summed E-state index contributed by atoms with van der Waals surface area (Å²) in [5.41, 5.74) is -6.45. The van der Waals surface area contributed by atoms with Gasteiger partial charge in [-0.3, -0.25) is 5.32 Å². The molecule has 10 nitrogen and oxygen atoms in total. The van der Waals surface area contributed by atoms with E-state index in [4.69, 9.17) is 4.74 Å². The molecule has 0 unspecified atom stereocenters. The lowest BCUT2D eigenvalue weighted by molar-refractivity contribution is -0.383. The van der Waals surface area contributed by atoms with Crippen molar-refractivity contribution in [3.8, 4) is 11.8 Å². The summed E-state index contributed by atoms with van der Waals surface area (Å²) in [6.07, 6.45) is 16.9. The second kappa shape index (κ2) is 14.8. The van der Waals surface area contributed by atoms with Crippen molar-refractivity contribution in [3.63, 3.8) is 0 Å². The number of hydrogen-bond acceptors (Lipinski definition) is 10. The van der Waals surface area contributed by atoms with Crippen molar-refractivity contribution in [3.05, 3.63) is 59.2 Å². The molecule has 8 saturated carbocycles. The third-order valence-electron chi connectivity index (χ3n) is 21.7. The first-order valence-corrected chi connectivity index (χ1v) is 25.4. The topological polar surface area (TPSA) is 177 Å². The zero-order chi connectivity index (χ0) is 44.0. The number of carbonyl (C=O) groups excluding carboxylic acids is 2. The molecule has 1 aliphatic heterocycles. The van der Waals surface area contributed by atoms with Crippen LogP contribution in [0.3, 0.4) is 0 Å². The Bertz CT molecular complexity index is 2200. The molecule has 0 radical (unpaired) electrons. The lowest BCUT2D eigenvalue weighted by Gasteiger charge is -2.74. The van der Waals surface area contributed by atoms with Crippen molar-refractivity contribution in [2.45, 2.75) is 163 Å². The SMILES string of the molecule is O=C[C@@]12CC3(CCCC3)[C@H](O)[C@@H]3C[C@H]4C=CC[C@H](C5CCCC5)[C@@H]4C[C@@H]([C@H](O)[C@]4(O)[C@@H]1CC[C@@]15CCC#Cc6ccccc6C[C@@H](NCO)[C@H]6C[C@@H](C[C@@]14O)[C@@H]5C1=CC(=O)O[C@H]16)[C@]32O. The Hall–Kier alpha value is -2.88. The van der Waals surface area contributed by atoms with Crippen LogP contribution in [0.2, 0.25) is 0 Å². The van der Waals surface area contributed by atoms with Crippen LogP contribution in [-0.4, -0.2) is 90.8 Å². The molecular formula is C54H69NO9. The molecule has 1 aromatic rings. The van der Waals surface area contributed by atoms with Crippen LogP contribution in [0.1, 0.15) is 127 Å². The summed E-state index contributed by atoms with van der Waals surface area (Å²) >= 11 is 0. The first-order valence-electron chi connectivity index (χ1n) is 25.4. The third-order valence-corrected chi connectivity index (χ3v) is 21.7. The highest BCUT2D eigenvalue weighted by Crippen LogP contribution is 2.79.